The molecular weight excluding hydrogens is 354 g/mol. The standard InChI is InChI=1S/C23H21NO2S/c1-16-6-2-3-8-18(16)15-27-13-12-24-23(25)22-14-20-19-9-5-4-7-17(19)10-11-21(20)26-22/h2-11,14H,12-13,15H2,1H3,(H,24,25). The van der Waals surface area contributed by atoms with Crippen molar-refractivity contribution < 1.29 is 9.21 Å². The lowest BCUT2D eigenvalue weighted by Gasteiger charge is -2.06. The fraction of sp³-hybridized carbons (Fsp3) is 0.174. The van der Waals surface area contributed by atoms with Crippen LogP contribution in [0.4, 0.5) is 0 Å². The van der Waals surface area contributed by atoms with E-state index in [0.717, 1.165) is 33.2 Å². The first kappa shape index (κ1) is 17.7. The molecule has 0 aliphatic carbocycles. The Bertz CT molecular complexity index is 1100. The molecule has 0 bridgehead atoms. The van der Waals surface area contributed by atoms with Gasteiger partial charge in [-0.25, -0.2) is 0 Å². The maximum atomic E-state index is 12.4. The van der Waals surface area contributed by atoms with Gasteiger partial charge in [0.1, 0.15) is 5.58 Å². The molecule has 1 heterocycles. The molecule has 4 heteroatoms. The molecule has 0 saturated heterocycles. The second-order valence-corrected chi connectivity index (χ2v) is 7.65. The summed E-state index contributed by atoms with van der Waals surface area (Å²) in [7, 11) is 0. The Hall–Kier alpha value is -2.72. The third kappa shape index (κ3) is 3.86. The number of carbonyl (C=O) groups excluding carboxylic acids is 1. The molecule has 4 aromatic rings. The number of hydrogen-bond acceptors (Lipinski definition) is 3. The smallest absolute Gasteiger partial charge is 0.287 e. The quantitative estimate of drug-likeness (QED) is 0.449. The van der Waals surface area contributed by atoms with Crippen molar-refractivity contribution in [2.45, 2.75) is 12.7 Å². The molecule has 1 N–H and O–H groups in total. The SMILES string of the molecule is Cc1ccccc1CSCCNC(=O)c1cc2c(ccc3ccccc32)o1. The van der Waals surface area contributed by atoms with Crippen molar-refractivity contribution in [1.29, 1.82) is 0 Å². The first-order valence-corrected chi connectivity index (χ1v) is 10.2. The Morgan fingerprint density at radius 2 is 1.81 bits per heavy atom. The molecule has 27 heavy (non-hydrogen) atoms. The zero-order valence-corrected chi connectivity index (χ0v) is 16.0. The number of nitrogens with one attached hydrogen (secondary N) is 1. The molecule has 0 saturated carbocycles. The molecule has 136 valence electrons. The molecule has 0 fully saturated rings. The monoisotopic (exact) mass is 375 g/mol. The predicted molar refractivity (Wildman–Crippen MR) is 113 cm³/mol. The summed E-state index contributed by atoms with van der Waals surface area (Å²) < 4.78 is 5.76. The number of carbonyl (C=O) groups is 1. The first-order chi connectivity index (χ1) is 13.2. The minimum absolute atomic E-state index is 0.160. The Kier molecular flexibility index (Phi) is 5.16. The van der Waals surface area contributed by atoms with Crippen molar-refractivity contribution in [3.8, 4) is 0 Å². The summed E-state index contributed by atoms with van der Waals surface area (Å²) in [4.78, 5) is 12.4. The topological polar surface area (TPSA) is 42.2 Å². The highest BCUT2D eigenvalue weighted by atomic mass is 32.2. The number of furan rings is 1. The lowest BCUT2D eigenvalue weighted by molar-refractivity contribution is 0.0930. The van der Waals surface area contributed by atoms with E-state index in [0.29, 0.717) is 12.3 Å². The molecule has 4 rings (SSSR count). The van der Waals surface area contributed by atoms with Crippen LogP contribution in [0.25, 0.3) is 21.7 Å². The Labute approximate surface area is 162 Å². The number of fused-ring (bicyclic) bond motifs is 3. The van der Waals surface area contributed by atoms with Gasteiger partial charge in [-0.15, -0.1) is 0 Å². The van der Waals surface area contributed by atoms with Crippen LogP contribution in [0.2, 0.25) is 0 Å². The Balaban J connectivity index is 1.36. The van der Waals surface area contributed by atoms with Gasteiger partial charge in [0, 0.05) is 23.4 Å². The number of hydrogen-bond donors (Lipinski definition) is 1. The highest BCUT2D eigenvalue weighted by Gasteiger charge is 2.13. The maximum absolute atomic E-state index is 12.4. The van der Waals surface area contributed by atoms with Crippen LogP contribution in [0.1, 0.15) is 21.7 Å². The molecular formula is C23H21NO2S. The highest BCUT2D eigenvalue weighted by Crippen LogP contribution is 2.28. The van der Waals surface area contributed by atoms with Gasteiger partial charge in [-0.05, 0) is 41.0 Å². The number of thioether (sulfide) groups is 1. The van der Waals surface area contributed by atoms with Crippen LogP contribution in [-0.4, -0.2) is 18.2 Å². The van der Waals surface area contributed by atoms with Crippen molar-refractivity contribution in [2.75, 3.05) is 12.3 Å². The van der Waals surface area contributed by atoms with E-state index in [2.05, 4.69) is 48.6 Å². The minimum atomic E-state index is -0.160. The van der Waals surface area contributed by atoms with Gasteiger partial charge in [-0.1, -0.05) is 54.6 Å². The van der Waals surface area contributed by atoms with Gasteiger partial charge in [0.2, 0.25) is 0 Å². The highest BCUT2D eigenvalue weighted by molar-refractivity contribution is 7.98. The third-order valence-electron chi connectivity index (χ3n) is 4.70. The average Bonchev–Trinajstić information content (AvgIpc) is 3.14. The van der Waals surface area contributed by atoms with Gasteiger partial charge in [-0.2, -0.15) is 11.8 Å². The van der Waals surface area contributed by atoms with E-state index in [9.17, 15) is 4.79 Å². The largest absolute Gasteiger partial charge is 0.451 e. The fourth-order valence-electron chi connectivity index (χ4n) is 3.18. The third-order valence-corrected chi connectivity index (χ3v) is 5.71. The van der Waals surface area contributed by atoms with Gasteiger partial charge in [0.25, 0.3) is 5.91 Å². The molecule has 1 amide bonds. The first-order valence-electron chi connectivity index (χ1n) is 9.04. The molecule has 3 nitrogen and oxygen atoms in total. The van der Waals surface area contributed by atoms with Crippen molar-refractivity contribution in [1.82, 2.24) is 5.32 Å². The molecule has 0 unspecified atom stereocenters. The second-order valence-electron chi connectivity index (χ2n) is 6.54. The van der Waals surface area contributed by atoms with E-state index in [1.54, 1.807) is 0 Å². The number of amides is 1. The minimum Gasteiger partial charge on any atom is -0.451 e. The molecule has 0 radical (unpaired) electrons. The molecule has 0 aliphatic rings. The summed E-state index contributed by atoms with van der Waals surface area (Å²) in [6.07, 6.45) is 0. The average molecular weight is 375 g/mol. The Morgan fingerprint density at radius 1 is 1.00 bits per heavy atom. The van der Waals surface area contributed by atoms with Gasteiger partial charge in [0.05, 0.1) is 0 Å². The van der Waals surface area contributed by atoms with Crippen molar-refractivity contribution in [3.05, 3.63) is 83.6 Å². The lowest BCUT2D eigenvalue weighted by Crippen LogP contribution is -2.25. The number of benzene rings is 3. The molecule has 3 aromatic carbocycles. The maximum Gasteiger partial charge on any atom is 0.287 e. The van der Waals surface area contributed by atoms with Crippen molar-refractivity contribution in [3.63, 3.8) is 0 Å². The van der Waals surface area contributed by atoms with Gasteiger partial charge in [0.15, 0.2) is 5.76 Å². The van der Waals surface area contributed by atoms with Gasteiger partial charge in [-0.3, -0.25) is 4.79 Å². The summed E-state index contributed by atoms with van der Waals surface area (Å²) in [5.74, 6) is 2.03. The predicted octanol–water partition coefficient (Wildman–Crippen LogP) is 5.56. The van der Waals surface area contributed by atoms with E-state index >= 15 is 0 Å². The zero-order valence-electron chi connectivity index (χ0n) is 15.2. The summed E-state index contributed by atoms with van der Waals surface area (Å²) >= 11 is 1.82. The van der Waals surface area contributed by atoms with Crippen LogP contribution in [0.15, 0.2) is 71.1 Å². The van der Waals surface area contributed by atoms with E-state index in [1.807, 2.05) is 42.1 Å². The summed E-state index contributed by atoms with van der Waals surface area (Å²) in [5.41, 5.74) is 3.40. The summed E-state index contributed by atoms with van der Waals surface area (Å²) in [5, 5.41) is 6.18. The van der Waals surface area contributed by atoms with Crippen LogP contribution in [0, 0.1) is 6.92 Å². The van der Waals surface area contributed by atoms with E-state index in [1.165, 1.54) is 11.1 Å². The van der Waals surface area contributed by atoms with E-state index in [-0.39, 0.29) is 5.91 Å². The van der Waals surface area contributed by atoms with Crippen molar-refractivity contribution >= 4 is 39.4 Å². The molecule has 1 aromatic heterocycles. The summed E-state index contributed by atoms with van der Waals surface area (Å²) in [6, 6.07) is 22.3. The Morgan fingerprint density at radius 3 is 2.70 bits per heavy atom. The molecule has 0 spiro atoms. The number of aryl methyl sites for hydroxylation is 1. The van der Waals surface area contributed by atoms with Gasteiger partial charge < -0.3 is 9.73 Å². The zero-order chi connectivity index (χ0) is 18.6. The van der Waals surface area contributed by atoms with Crippen LogP contribution in [-0.2, 0) is 5.75 Å². The van der Waals surface area contributed by atoms with E-state index in [4.69, 9.17) is 4.42 Å². The summed E-state index contributed by atoms with van der Waals surface area (Å²) in [6.45, 7) is 2.75. The van der Waals surface area contributed by atoms with Gasteiger partial charge >= 0.3 is 0 Å². The fourth-order valence-corrected chi connectivity index (χ4v) is 4.12. The normalized spacial score (nSPS) is 11.1. The van der Waals surface area contributed by atoms with Crippen LogP contribution < -0.4 is 5.32 Å². The molecule has 0 atom stereocenters. The van der Waals surface area contributed by atoms with E-state index < -0.39 is 0 Å². The van der Waals surface area contributed by atoms with Crippen molar-refractivity contribution in [2.24, 2.45) is 0 Å². The van der Waals surface area contributed by atoms with Crippen LogP contribution >= 0.6 is 11.8 Å². The molecule has 0 aliphatic heterocycles. The van der Waals surface area contributed by atoms with Crippen LogP contribution in [0.3, 0.4) is 0 Å². The number of rotatable bonds is 6. The second kappa shape index (κ2) is 7.89. The van der Waals surface area contributed by atoms with Crippen LogP contribution in [0.5, 0.6) is 0 Å². The lowest BCUT2D eigenvalue weighted by atomic mass is 10.1.